The Morgan fingerprint density at radius 2 is 1.92 bits per heavy atom. The molecule has 0 atom stereocenters. The van der Waals surface area contributed by atoms with Crippen molar-refractivity contribution >= 4 is 16.8 Å². The third-order valence-corrected chi connectivity index (χ3v) is 4.32. The van der Waals surface area contributed by atoms with E-state index in [9.17, 15) is 9.59 Å². The summed E-state index contributed by atoms with van der Waals surface area (Å²) in [6.45, 7) is 6.11. The average Bonchev–Trinajstić information content (AvgIpc) is 2.60. The van der Waals surface area contributed by atoms with E-state index < -0.39 is 0 Å². The van der Waals surface area contributed by atoms with Crippen LogP contribution in [0, 0.1) is 6.92 Å². The van der Waals surface area contributed by atoms with Gasteiger partial charge in [-0.1, -0.05) is 18.2 Å². The second kappa shape index (κ2) is 6.89. The fraction of sp³-hybridized carbons (Fsp3) is 0.250. The van der Waals surface area contributed by atoms with E-state index in [0.29, 0.717) is 11.1 Å². The SMILES string of the molecule is Cc1cccc2cc(CN(C(=O)c3ccncc3)C(C)C)c(=O)[nH]c12. The van der Waals surface area contributed by atoms with Crippen LogP contribution in [-0.2, 0) is 6.54 Å². The van der Waals surface area contributed by atoms with Crippen molar-refractivity contribution in [1.29, 1.82) is 0 Å². The highest BCUT2D eigenvalue weighted by Crippen LogP contribution is 2.17. The Labute approximate surface area is 146 Å². The molecule has 0 aliphatic carbocycles. The monoisotopic (exact) mass is 335 g/mol. The number of H-pyrrole nitrogens is 1. The predicted octanol–water partition coefficient (Wildman–Crippen LogP) is 3.28. The number of aromatic amines is 1. The molecule has 5 heteroatoms. The molecule has 1 aromatic carbocycles. The number of pyridine rings is 2. The molecular formula is C20H21N3O2. The van der Waals surface area contributed by atoms with Crippen LogP contribution in [0.15, 0.2) is 53.6 Å². The Morgan fingerprint density at radius 1 is 1.20 bits per heavy atom. The van der Waals surface area contributed by atoms with Crippen molar-refractivity contribution in [3.05, 3.63) is 75.8 Å². The third kappa shape index (κ3) is 3.45. The average molecular weight is 335 g/mol. The molecule has 1 N–H and O–H groups in total. The van der Waals surface area contributed by atoms with Crippen LogP contribution in [0.4, 0.5) is 0 Å². The number of amides is 1. The summed E-state index contributed by atoms with van der Waals surface area (Å²) in [5, 5.41) is 0.967. The van der Waals surface area contributed by atoms with Crippen molar-refractivity contribution in [2.75, 3.05) is 0 Å². The lowest BCUT2D eigenvalue weighted by atomic mass is 10.1. The highest BCUT2D eigenvalue weighted by atomic mass is 16.2. The molecule has 0 fully saturated rings. The maximum absolute atomic E-state index is 12.8. The number of rotatable bonds is 4. The summed E-state index contributed by atoms with van der Waals surface area (Å²) < 4.78 is 0. The fourth-order valence-electron chi connectivity index (χ4n) is 2.88. The molecule has 25 heavy (non-hydrogen) atoms. The number of carbonyl (C=O) groups excluding carboxylic acids is 1. The lowest BCUT2D eigenvalue weighted by Crippen LogP contribution is -2.38. The number of carbonyl (C=O) groups is 1. The molecule has 5 nitrogen and oxygen atoms in total. The van der Waals surface area contributed by atoms with E-state index >= 15 is 0 Å². The molecule has 0 bridgehead atoms. The quantitative estimate of drug-likeness (QED) is 0.796. The Balaban J connectivity index is 1.98. The molecule has 0 saturated carbocycles. The topological polar surface area (TPSA) is 66.1 Å². The van der Waals surface area contributed by atoms with Gasteiger partial charge < -0.3 is 9.88 Å². The van der Waals surface area contributed by atoms with Crippen LogP contribution in [0.3, 0.4) is 0 Å². The lowest BCUT2D eigenvalue weighted by Gasteiger charge is -2.26. The second-order valence-electron chi connectivity index (χ2n) is 6.43. The standard InChI is InChI=1S/C20H21N3O2/c1-13(2)23(20(25)15-7-9-21-10-8-15)12-17-11-16-6-4-5-14(3)18(16)22-19(17)24/h4-11,13H,12H2,1-3H3,(H,22,24). The van der Waals surface area contributed by atoms with Crippen molar-refractivity contribution < 1.29 is 4.79 Å². The zero-order chi connectivity index (χ0) is 18.0. The van der Waals surface area contributed by atoms with E-state index in [1.165, 1.54) is 0 Å². The van der Waals surface area contributed by atoms with Gasteiger partial charge in [-0.05, 0) is 49.9 Å². The van der Waals surface area contributed by atoms with Gasteiger partial charge in [-0.25, -0.2) is 0 Å². The largest absolute Gasteiger partial charge is 0.332 e. The molecule has 0 radical (unpaired) electrons. The molecule has 0 aliphatic heterocycles. The minimum absolute atomic E-state index is 0.0340. The Bertz CT molecular complexity index is 962. The van der Waals surface area contributed by atoms with Crippen LogP contribution in [0.5, 0.6) is 0 Å². The van der Waals surface area contributed by atoms with Crippen molar-refractivity contribution in [2.45, 2.75) is 33.4 Å². The first-order valence-corrected chi connectivity index (χ1v) is 8.30. The molecule has 3 aromatic rings. The van der Waals surface area contributed by atoms with Gasteiger partial charge in [0.2, 0.25) is 0 Å². The van der Waals surface area contributed by atoms with E-state index in [2.05, 4.69) is 9.97 Å². The van der Waals surface area contributed by atoms with Gasteiger partial charge in [-0.3, -0.25) is 14.6 Å². The van der Waals surface area contributed by atoms with Crippen LogP contribution in [0.25, 0.3) is 10.9 Å². The number of aryl methyl sites for hydroxylation is 1. The molecule has 0 saturated heterocycles. The minimum atomic E-state index is -0.157. The highest BCUT2D eigenvalue weighted by molar-refractivity contribution is 5.94. The van der Waals surface area contributed by atoms with E-state index in [1.54, 1.807) is 29.4 Å². The molecular weight excluding hydrogens is 314 g/mol. The summed E-state index contributed by atoms with van der Waals surface area (Å²) in [6.07, 6.45) is 3.19. The summed E-state index contributed by atoms with van der Waals surface area (Å²) in [6, 6.07) is 11.1. The van der Waals surface area contributed by atoms with Crippen LogP contribution in [0.1, 0.15) is 35.3 Å². The molecule has 2 aromatic heterocycles. The Kier molecular flexibility index (Phi) is 4.65. The number of hydrogen-bond donors (Lipinski definition) is 1. The molecule has 3 rings (SSSR count). The normalized spacial score (nSPS) is 11.0. The molecule has 1 amide bonds. The Hall–Kier alpha value is -2.95. The lowest BCUT2D eigenvalue weighted by molar-refractivity contribution is 0.0689. The van der Waals surface area contributed by atoms with Gasteiger partial charge in [-0.15, -0.1) is 0 Å². The number of benzene rings is 1. The molecule has 2 heterocycles. The summed E-state index contributed by atoms with van der Waals surface area (Å²) in [7, 11) is 0. The number of nitrogens with zero attached hydrogens (tertiary/aromatic N) is 2. The molecule has 0 unspecified atom stereocenters. The van der Waals surface area contributed by atoms with Crippen LogP contribution < -0.4 is 5.56 Å². The van der Waals surface area contributed by atoms with Crippen molar-refractivity contribution in [3.63, 3.8) is 0 Å². The van der Waals surface area contributed by atoms with E-state index in [4.69, 9.17) is 0 Å². The summed E-state index contributed by atoms with van der Waals surface area (Å²) >= 11 is 0. The van der Waals surface area contributed by atoms with Gasteiger partial charge in [-0.2, -0.15) is 0 Å². The van der Waals surface area contributed by atoms with Gasteiger partial charge in [0.15, 0.2) is 0 Å². The third-order valence-electron chi connectivity index (χ3n) is 4.32. The summed E-state index contributed by atoms with van der Waals surface area (Å²) in [5.74, 6) is -0.110. The van der Waals surface area contributed by atoms with Crippen molar-refractivity contribution in [1.82, 2.24) is 14.9 Å². The number of hydrogen-bond acceptors (Lipinski definition) is 3. The van der Waals surface area contributed by atoms with Gasteiger partial charge in [0, 0.05) is 29.6 Å². The van der Waals surface area contributed by atoms with Crippen LogP contribution in [0.2, 0.25) is 0 Å². The van der Waals surface area contributed by atoms with E-state index in [0.717, 1.165) is 16.5 Å². The number of nitrogens with one attached hydrogen (secondary N) is 1. The maximum Gasteiger partial charge on any atom is 0.254 e. The van der Waals surface area contributed by atoms with E-state index in [1.807, 2.05) is 45.0 Å². The van der Waals surface area contributed by atoms with Crippen LogP contribution in [-0.4, -0.2) is 26.8 Å². The molecule has 0 spiro atoms. The number of para-hydroxylation sites is 1. The molecule has 128 valence electrons. The smallest absolute Gasteiger partial charge is 0.254 e. The maximum atomic E-state index is 12.8. The first-order chi connectivity index (χ1) is 12.0. The van der Waals surface area contributed by atoms with E-state index in [-0.39, 0.29) is 24.1 Å². The minimum Gasteiger partial charge on any atom is -0.332 e. The van der Waals surface area contributed by atoms with Crippen molar-refractivity contribution in [3.8, 4) is 0 Å². The van der Waals surface area contributed by atoms with Gasteiger partial charge in [0.1, 0.15) is 0 Å². The molecule has 0 aliphatic rings. The first kappa shape index (κ1) is 16.9. The zero-order valence-electron chi connectivity index (χ0n) is 14.6. The van der Waals surface area contributed by atoms with Crippen LogP contribution >= 0.6 is 0 Å². The summed E-state index contributed by atoms with van der Waals surface area (Å²) in [4.78, 5) is 33.9. The predicted molar refractivity (Wildman–Crippen MR) is 98.6 cm³/mol. The van der Waals surface area contributed by atoms with Crippen molar-refractivity contribution in [2.24, 2.45) is 0 Å². The Morgan fingerprint density at radius 3 is 2.60 bits per heavy atom. The zero-order valence-corrected chi connectivity index (χ0v) is 14.6. The van der Waals surface area contributed by atoms with Gasteiger partial charge in [0.05, 0.1) is 12.1 Å². The number of fused-ring (bicyclic) bond motifs is 1. The number of aromatic nitrogens is 2. The van der Waals surface area contributed by atoms with Gasteiger partial charge in [0.25, 0.3) is 11.5 Å². The van der Waals surface area contributed by atoms with Gasteiger partial charge >= 0.3 is 0 Å². The first-order valence-electron chi connectivity index (χ1n) is 8.30. The second-order valence-corrected chi connectivity index (χ2v) is 6.43. The summed E-state index contributed by atoms with van der Waals surface area (Å²) in [5.41, 5.74) is 2.85. The fourth-order valence-corrected chi connectivity index (χ4v) is 2.88. The highest BCUT2D eigenvalue weighted by Gasteiger charge is 2.20.